The van der Waals surface area contributed by atoms with Crippen LogP contribution in [-0.2, 0) is 0 Å². The Morgan fingerprint density at radius 2 is 1.94 bits per heavy atom. The highest BCUT2D eigenvalue weighted by Gasteiger charge is 2.05. The molecule has 2 heteroatoms. The minimum atomic E-state index is 0.854. The fourth-order valence-electron chi connectivity index (χ4n) is 2.06. The van der Waals surface area contributed by atoms with E-state index < -0.39 is 0 Å². The number of fused-ring (bicyclic) bond motifs is 1. The van der Waals surface area contributed by atoms with Gasteiger partial charge in [0.15, 0.2) is 0 Å². The van der Waals surface area contributed by atoms with Crippen molar-refractivity contribution in [3.63, 3.8) is 0 Å². The smallest absolute Gasteiger partial charge is 0.0421 e. The number of hydrogen-bond donors (Lipinski definition) is 1. The van der Waals surface area contributed by atoms with Crippen molar-refractivity contribution in [3.8, 4) is 11.1 Å². The number of nitrogen functional groups attached to an aromatic ring is 1. The molecular weight excluding hydrogens is 226 g/mol. The zero-order chi connectivity index (χ0) is 11.8. The third-order valence-corrected chi connectivity index (χ3v) is 4.02. The van der Waals surface area contributed by atoms with Gasteiger partial charge in [-0.1, -0.05) is 24.3 Å². The van der Waals surface area contributed by atoms with E-state index in [1.807, 2.05) is 13.0 Å². The van der Waals surface area contributed by atoms with Gasteiger partial charge in [-0.25, -0.2) is 0 Å². The summed E-state index contributed by atoms with van der Waals surface area (Å²) in [6.07, 6.45) is 0. The van der Waals surface area contributed by atoms with Gasteiger partial charge in [0, 0.05) is 10.4 Å². The van der Waals surface area contributed by atoms with Crippen LogP contribution in [0.25, 0.3) is 21.2 Å². The maximum Gasteiger partial charge on any atom is 0.0421 e. The zero-order valence-electron chi connectivity index (χ0n) is 9.60. The third-order valence-electron chi connectivity index (χ3n) is 3.06. The average Bonchev–Trinajstić information content (AvgIpc) is 2.80. The summed E-state index contributed by atoms with van der Waals surface area (Å²) in [4.78, 5) is 0. The average molecular weight is 239 g/mol. The molecule has 0 spiro atoms. The molecule has 3 rings (SSSR count). The maximum atomic E-state index is 5.86. The highest BCUT2D eigenvalue weighted by Crippen LogP contribution is 2.33. The first kappa shape index (κ1) is 10.4. The Hall–Kier alpha value is -1.80. The van der Waals surface area contributed by atoms with Gasteiger partial charge in [0.1, 0.15) is 0 Å². The maximum absolute atomic E-state index is 5.86. The van der Waals surface area contributed by atoms with Gasteiger partial charge < -0.3 is 5.73 Å². The van der Waals surface area contributed by atoms with Crippen LogP contribution in [-0.4, -0.2) is 0 Å². The van der Waals surface area contributed by atoms with E-state index in [1.54, 1.807) is 11.3 Å². The van der Waals surface area contributed by atoms with Gasteiger partial charge in [0.05, 0.1) is 0 Å². The molecule has 17 heavy (non-hydrogen) atoms. The van der Waals surface area contributed by atoms with Gasteiger partial charge >= 0.3 is 0 Å². The van der Waals surface area contributed by atoms with Gasteiger partial charge in [-0.2, -0.15) is 0 Å². The topological polar surface area (TPSA) is 26.0 Å². The lowest BCUT2D eigenvalue weighted by atomic mass is 10.0. The standard InChI is InChI=1S/C15H13NS/c1-10-9-12(5-6-14(10)16)13-4-2-3-11-7-8-17-15(11)13/h2-9H,16H2,1H3. The molecule has 1 nitrogen and oxygen atoms in total. The molecule has 0 bridgehead atoms. The van der Waals surface area contributed by atoms with Crippen molar-refractivity contribution in [2.45, 2.75) is 6.92 Å². The summed E-state index contributed by atoms with van der Waals surface area (Å²) >= 11 is 1.79. The lowest BCUT2D eigenvalue weighted by Gasteiger charge is -2.06. The highest BCUT2D eigenvalue weighted by atomic mass is 32.1. The van der Waals surface area contributed by atoms with Gasteiger partial charge in [0.2, 0.25) is 0 Å². The number of rotatable bonds is 1. The van der Waals surface area contributed by atoms with Crippen LogP contribution in [0.2, 0.25) is 0 Å². The van der Waals surface area contributed by atoms with E-state index in [0.717, 1.165) is 11.3 Å². The molecule has 84 valence electrons. The summed E-state index contributed by atoms with van der Waals surface area (Å²) in [6.45, 7) is 2.05. The first-order valence-corrected chi connectivity index (χ1v) is 6.46. The summed E-state index contributed by atoms with van der Waals surface area (Å²) in [5, 5.41) is 3.44. The van der Waals surface area contributed by atoms with E-state index >= 15 is 0 Å². The molecule has 0 saturated heterocycles. The van der Waals surface area contributed by atoms with Crippen LogP contribution >= 0.6 is 11.3 Å². The van der Waals surface area contributed by atoms with Crippen molar-refractivity contribution in [2.75, 3.05) is 5.73 Å². The number of hydrogen-bond acceptors (Lipinski definition) is 2. The van der Waals surface area contributed by atoms with E-state index in [1.165, 1.54) is 21.2 Å². The number of benzene rings is 2. The van der Waals surface area contributed by atoms with Crippen molar-refractivity contribution in [2.24, 2.45) is 0 Å². The molecule has 0 aliphatic carbocycles. The van der Waals surface area contributed by atoms with Crippen molar-refractivity contribution >= 4 is 27.1 Å². The Labute approximate surface area is 105 Å². The Morgan fingerprint density at radius 3 is 2.76 bits per heavy atom. The molecule has 0 atom stereocenters. The minimum absolute atomic E-state index is 0.854. The predicted octanol–water partition coefficient (Wildman–Crippen LogP) is 4.46. The zero-order valence-corrected chi connectivity index (χ0v) is 10.4. The molecule has 0 unspecified atom stereocenters. The van der Waals surface area contributed by atoms with E-state index in [-0.39, 0.29) is 0 Å². The normalized spacial score (nSPS) is 10.9. The molecule has 2 aromatic carbocycles. The van der Waals surface area contributed by atoms with Crippen LogP contribution in [0.5, 0.6) is 0 Å². The number of anilines is 1. The van der Waals surface area contributed by atoms with Crippen LogP contribution in [0.15, 0.2) is 47.8 Å². The lowest BCUT2D eigenvalue weighted by Crippen LogP contribution is -1.89. The molecule has 2 N–H and O–H groups in total. The predicted molar refractivity (Wildman–Crippen MR) is 76.4 cm³/mol. The van der Waals surface area contributed by atoms with Crippen molar-refractivity contribution < 1.29 is 0 Å². The van der Waals surface area contributed by atoms with Crippen LogP contribution < -0.4 is 5.73 Å². The molecule has 3 aromatic rings. The second kappa shape index (κ2) is 3.90. The van der Waals surface area contributed by atoms with Gasteiger partial charge in [-0.05, 0) is 52.6 Å². The molecule has 0 amide bonds. The fraction of sp³-hybridized carbons (Fsp3) is 0.0667. The van der Waals surface area contributed by atoms with E-state index in [0.29, 0.717) is 0 Å². The number of thiophene rings is 1. The summed E-state index contributed by atoms with van der Waals surface area (Å²) in [6, 6.07) is 14.8. The Bertz CT molecular complexity index is 682. The molecule has 0 fully saturated rings. The number of aryl methyl sites for hydroxylation is 1. The second-order valence-corrected chi connectivity index (χ2v) is 5.13. The molecule has 1 aromatic heterocycles. The Morgan fingerprint density at radius 1 is 1.06 bits per heavy atom. The van der Waals surface area contributed by atoms with Crippen LogP contribution in [0, 0.1) is 6.92 Å². The molecule has 1 heterocycles. The molecule has 0 radical (unpaired) electrons. The van der Waals surface area contributed by atoms with Crippen LogP contribution in [0.3, 0.4) is 0 Å². The molecule has 0 saturated carbocycles. The van der Waals surface area contributed by atoms with E-state index in [4.69, 9.17) is 5.73 Å². The fourth-order valence-corrected chi connectivity index (χ4v) is 3.00. The molecule has 0 aliphatic heterocycles. The third kappa shape index (κ3) is 1.71. The lowest BCUT2D eigenvalue weighted by molar-refractivity contribution is 1.47. The quantitative estimate of drug-likeness (QED) is 0.623. The summed E-state index contributed by atoms with van der Waals surface area (Å²) in [5.41, 5.74) is 10.4. The Balaban J connectivity index is 2.26. The molecule has 0 aliphatic rings. The van der Waals surface area contributed by atoms with Crippen molar-refractivity contribution in [3.05, 3.63) is 53.4 Å². The van der Waals surface area contributed by atoms with Crippen LogP contribution in [0.4, 0.5) is 5.69 Å². The summed E-state index contributed by atoms with van der Waals surface area (Å²) < 4.78 is 1.34. The van der Waals surface area contributed by atoms with E-state index in [9.17, 15) is 0 Å². The van der Waals surface area contributed by atoms with Gasteiger partial charge in [-0.3, -0.25) is 0 Å². The Kier molecular flexibility index (Phi) is 2.37. The summed E-state index contributed by atoms with van der Waals surface area (Å²) in [7, 11) is 0. The first-order chi connectivity index (χ1) is 8.25. The van der Waals surface area contributed by atoms with Crippen molar-refractivity contribution in [1.82, 2.24) is 0 Å². The number of nitrogens with two attached hydrogens (primary N) is 1. The second-order valence-electron chi connectivity index (χ2n) is 4.22. The largest absolute Gasteiger partial charge is 0.399 e. The minimum Gasteiger partial charge on any atom is -0.399 e. The SMILES string of the molecule is Cc1cc(-c2cccc3ccsc23)ccc1N. The van der Waals surface area contributed by atoms with E-state index in [2.05, 4.69) is 41.8 Å². The van der Waals surface area contributed by atoms with Gasteiger partial charge in [-0.15, -0.1) is 11.3 Å². The molecular formula is C15H13NS. The highest BCUT2D eigenvalue weighted by molar-refractivity contribution is 7.17. The summed E-state index contributed by atoms with van der Waals surface area (Å²) in [5.74, 6) is 0. The van der Waals surface area contributed by atoms with Gasteiger partial charge in [0.25, 0.3) is 0 Å². The van der Waals surface area contributed by atoms with Crippen molar-refractivity contribution in [1.29, 1.82) is 0 Å². The first-order valence-electron chi connectivity index (χ1n) is 5.58. The van der Waals surface area contributed by atoms with Crippen LogP contribution in [0.1, 0.15) is 5.56 Å². The monoisotopic (exact) mass is 239 g/mol.